The van der Waals surface area contributed by atoms with E-state index in [0.717, 1.165) is 22.9 Å². The predicted octanol–water partition coefficient (Wildman–Crippen LogP) is 6.71. The third-order valence-electron chi connectivity index (χ3n) is 6.44. The van der Waals surface area contributed by atoms with E-state index < -0.39 is 17.7 Å². The number of hydrogen-bond acceptors (Lipinski definition) is 5. The Hall–Kier alpha value is -3.95. The van der Waals surface area contributed by atoms with Crippen LogP contribution in [0.1, 0.15) is 43.3 Å². The second-order valence-corrected chi connectivity index (χ2v) is 9.28. The van der Waals surface area contributed by atoms with E-state index in [-0.39, 0.29) is 29.2 Å². The Morgan fingerprint density at radius 1 is 0.946 bits per heavy atom. The lowest BCUT2D eigenvalue weighted by Gasteiger charge is -2.26. The number of aromatic nitrogens is 4. The lowest BCUT2D eigenvalue weighted by atomic mass is 9.91. The highest BCUT2D eigenvalue weighted by Gasteiger charge is 2.35. The summed E-state index contributed by atoms with van der Waals surface area (Å²) in [4.78, 5) is 5.49. The molecule has 1 aliphatic rings. The van der Waals surface area contributed by atoms with Crippen LogP contribution < -0.4 is 4.90 Å². The first-order valence-electron chi connectivity index (χ1n) is 11.9. The molecule has 0 aliphatic carbocycles. The number of aryl methyl sites for hydroxylation is 1. The average molecular weight is 512 g/mol. The first kappa shape index (κ1) is 24.7. The number of anilines is 1. The molecule has 10 heteroatoms. The van der Waals surface area contributed by atoms with Crippen LogP contribution in [0.15, 0.2) is 59.2 Å². The van der Waals surface area contributed by atoms with Gasteiger partial charge in [0.15, 0.2) is 5.69 Å². The van der Waals surface area contributed by atoms with E-state index in [0.29, 0.717) is 25.1 Å². The normalized spacial score (nSPS) is 14.4. The summed E-state index contributed by atoms with van der Waals surface area (Å²) in [5, 5.41) is 8.20. The van der Waals surface area contributed by atoms with Crippen LogP contribution in [0.4, 0.5) is 23.5 Å². The molecule has 2 aromatic heterocycles. The van der Waals surface area contributed by atoms with Crippen molar-refractivity contribution in [2.75, 3.05) is 18.0 Å². The molecule has 0 radical (unpaired) electrons. The molecule has 0 fully saturated rings. The summed E-state index contributed by atoms with van der Waals surface area (Å²) < 4.78 is 61.9. The minimum absolute atomic E-state index is 0.0682. The van der Waals surface area contributed by atoms with Gasteiger partial charge in [-0.25, -0.2) is 9.37 Å². The summed E-state index contributed by atoms with van der Waals surface area (Å²) >= 11 is 0. The van der Waals surface area contributed by atoms with Crippen LogP contribution >= 0.6 is 0 Å². The molecule has 0 bridgehead atoms. The molecule has 1 aliphatic heterocycles. The second-order valence-electron chi connectivity index (χ2n) is 9.28. The van der Waals surface area contributed by atoms with E-state index in [9.17, 15) is 13.2 Å². The number of hydrogen-bond donors (Lipinski definition) is 0. The lowest BCUT2D eigenvalue weighted by molar-refractivity contribution is -0.140. The Bertz CT molecular complexity index is 1470. The van der Waals surface area contributed by atoms with Crippen molar-refractivity contribution in [2.24, 2.45) is 7.05 Å². The first-order chi connectivity index (χ1) is 17.6. The van der Waals surface area contributed by atoms with E-state index in [2.05, 4.69) is 29.0 Å². The highest BCUT2D eigenvalue weighted by Crippen LogP contribution is 2.36. The Kier molecular flexibility index (Phi) is 6.35. The Morgan fingerprint density at radius 3 is 2.32 bits per heavy atom. The third-order valence-corrected chi connectivity index (χ3v) is 6.44. The van der Waals surface area contributed by atoms with Crippen molar-refractivity contribution in [3.8, 4) is 22.6 Å². The van der Waals surface area contributed by atoms with E-state index in [1.54, 1.807) is 23.1 Å². The molecule has 3 heterocycles. The van der Waals surface area contributed by atoms with Gasteiger partial charge in [0.25, 0.3) is 5.89 Å². The maximum Gasteiger partial charge on any atom is 0.434 e. The standard InChI is InChI=1S/C27H25F4N5O/c1-16(2)18-7-4-5-8-19(18)20-9-6-10-21(23(20)28)25-34-33-24(37-25)17-11-13-36(14-12-17)26-32-22(15-35(26)3)27(29,30)31/h4-11,15-16H,12-14H2,1-3H3. The van der Waals surface area contributed by atoms with Crippen molar-refractivity contribution in [1.29, 1.82) is 0 Å². The summed E-state index contributed by atoms with van der Waals surface area (Å²) in [5.74, 6) is 0.341. The summed E-state index contributed by atoms with van der Waals surface area (Å²) in [6.45, 7) is 4.87. The number of imidazole rings is 1. The van der Waals surface area contributed by atoms with Crippen molar-refractivity contribution in [3.05, 3.63) is 77.7 Å². The molecule has 5 rings (SSSR count). The number of halogens is 4. The Morgan fingerprint density at radius 2 is 1.65 bits per heavy atom. The molecular formula is C27H25F4N5O. The summed E-state index contributed by atoms with van der Waals surface area (Å²) in [5.41, 5.74) is 2.35. The van der Waals surface area contributed by atoms with Crippen molar-refractivity contribution in [2.45, 2.75) is 32.4 Å². The van der Waals surface area contributed by atoms with Gasteiger partial charge in [0.2, 0.25) is 11.8 Å². The Labute approximate surface area is 211 Å². The van der Waals surface area contributed by atoms with Gasteiger partial charge in [0.1, 0.15) is 5.82 Å². The van der Waals surface area contributed by atoms with Crippen molar-refractivity contribution in [3.63, 3.8) is 0 Å². The van der Waals surface area contributed by atoms with Crippen LogP contribution in [-0.4, -0.2) is 32.8 Å². The molecule has 0 saturated carbocycles. The molecule has 2 aromatic carbocycles. The SMILES string of the molecule is CC(C)c1ccccc1-c1cccc(-c2nnc(C3=CCN(c4nc(C(F)(F)F)cn4C)CC3)o2)c1F. The number of alkyl halides is 3. The minimum atomic E-state index is -4.50. The van der Waals surface area contributed by atoms with Gasteiger partial charge in [-0.05, 0) is 29.5 Å². The molecule has 0 saturated heterocycles. The fourth-order valence-electron chi connectivity index (χ4n) is 4.54. The van der Waals surface area contributed by atoms with Crippen molar-refractivity contribution >= 4 is 11.5 Å². The van der Waals surface area contributed by atoms with Crippen LogP contribution in [0.5, 0.6) is 0 Å². The molecule has 37 heavy (non-hydrogen) atoms. The fraction of sp³-hybridized carbons (Fsp3) is 0.296. The topological polar surface area (TPSA) is 60.0 Å². The van der Waals surface area contributed by atoms with E-state index in [4.69, 9.17) is 4.42 Å². The summed E-state index contributed by atoms with van der Waals surface area (Å²) in [6.07, 6.45) is -1.26. The first-order valence-corrected chi connectivity index (χ1v) is 11.9. The third kappa shape index (κ3) is 4.75. The van der Waals surface area contributed by atoms with Crippen LogP contribution in [0.2, 0.25) is 0 Å². The van der Waals surface area contributed by atoms with Gasteiger partial charge < -0.3 is 13.9 Å². The second kappa shape index (κ2) is 9.49. The monoisotopic (exact) mass is 511 g/mol. The van der Waals surface area contributed by atoms with Crippen LogP contribution in [0.25, 0.3) is 28.2 Å². The number of benzene rings is 2. The minimum Gasteiger partial charge on any atom is -0.416 e. The van der Waals surface area contributed by atoms with Crippen LogP contribution in [-0.2, 0) is 13.2 Å². The van der Waals surface area contributed by atoms with Crippen LogP contribution in [0.3, 0.4) is 0 Å². The largest absolute Gasteiger partial charge is 0.434 e. The maximum absolute atomic E-state index is 15.7. The molecule has 4 aromatic rings. The van der Waals surface area contributed by atoms with Gasteiger partial charge in [-0.15, -0.1) is 10.2 Å². The zero-order chi connectivity index (χ0) is 26.3. The molecule has 0 N–H and O–H groups in total. The molecule has 0 atom stereocenters. The number of nitrogens with zero attached hydrogens (tertiary/aromatic N) is 5. The molecule has 0 amide bonds. The lowest BCUT2D eigenvalue weighted by Crippen LogP contribution is -2.30. The van der Waals surface area contributed by atoms with E-state index in [1.165, 1.54) is 11.6 Å². The molecule has 6 nitrogen and oxygen atoms in total. The highest BCUT2D eigenvalue weighted by atomic mass is 19.4. The van der Waals surface area contributed by atoms with Crippen molar-refractivity contribution in [1.82, 2.24) is 19.7 Å². The van der Waals surface area contributed by atoms with Gasteiger partial charge in [-0.1, -0.05) is 56.3 Å². The summed E-state index contributed by atoms with van der Waals surface area (Å²) in [7, 11) is 1.53. The molecular weight excluding hydrogens is 486 g/mol. The molecule has 0 unspecified atom stereocenters. The van der Waals surface area contributed by atoms with Gasteiger partial charge in [0, 0.05) is 37.5 Å². The summed E-state index contributed by atoms with van der Waals surface area (Å²) in [6, 6.07) is 12.8. The quantitative estimate of drug-likeness (QED) is 0.279. The smallest absolute Gasteiger partial charge is 0.416 e. The highest BCUT2D eigenvalue weighted by molar-refractivity contribution is 5.74. The van der Waals surface area contributed by atoms with Gasteiger partial charge >= 0.3 is 6.18 Å². The number of rotatable bonds is 5. The van der Waals surface area contributed by atoms with E-state index >= 15 is 4.39 Å². The van der Waals surface area contributed by atoms with Gasteiger partial charge in [0.05, 0.1) is 5.56 Å². The van der Waals surface area contributed by atoms with Gasteiger partial charge in [-0.3, -0.25) is 0 Å². The molecule has 192 valence electrons. The Balaban J connectivity index is 1.39. The zero-order valence-corrected chi connectivity index (χ0v) is 20.6. The van der Waals surface area contributed by atoms with E-state index in [1.807, 2.05) is 30.3 Å². The predicted molar refractivity (Wildman–Crippen MR) is 132 cm³/mol. The average Bonchev–Trinajstić information content (AvgIpc) is 3.51. The van der Waals surface area contributed by atoms with Crippen LogP contribution in [0, 0.1) is 5.82 Å². The van der Waals surface area contributed by atoms with Gasteiger partial charge in [-0.2, -0.15) is 13.2 Å². The fourth-order valence-corrected chi connectivity index (χ4v) is 4.54. The zero-order valence-electron chi connectivity index (χ0n) is 20.6. The van der Waals surface area contributed by atoms with Crippen molar-refractivity contribution < 1.29 is 22.0 Å². The maximum atomic E-state index is 15.7. The molecule has 0 spiro atoms.